The Morgan fingerprint density at radius 2 is 2.16 bits per heavy atom. The van der Waals surface area contributed by atoms with Crippen molar-refractivity contribution in [1.82, 2.24) is 10.6 Å². The molecule has 0 atom stereocenters. The van der Waals surface area contributed by atoms with E-state index in [1.807, 2.05) is 24.3 Å². The molecular weight excluding hydrogens is 264 g/mol. The number of methoxy groups -OCH3 is 1. The van der Waals surface area contributed by atoms with E-state index in [2.05, 4.69) is 10.6 Å². The predicted octanol–water partition coefficient (Wildman–Crippen LogP) is 1.39. The molecule has 0 aromatic heterocycles. The molecule has 4 nitrogen and oxygen atoms in total. The molecule has 0 saturated carbocycles. The molecule has 2 rings (SSSR count). The molecule has 0 radical (unpaired) electrons. The summed E-state index contributed by atoms with van der Waals surface area (Å²) in [4.78, 5) is 11.7. The summed E-state index contributed by atoms with van der Waals surface area (Å²) >= 11 is 0. The summed E-state index contributed by atoms with van der Waals surface area (Å²) in [6.45, 7) is 2.83. The zero-order valence-electron chi connectivity index (χ0n) is 11.1. The van der Waals surface area contributed by atoms with Crippen molar-refractivity contribution in [1.29, 1.82) is 0 Å². The monoisotopic (exact) mass is 284 g/mol. The molecule has 0 unspecified atom stereocenters. The lowest BCUT2D eigenvalue weighted by molar-refractivity contribution is -0.121. The normalized spacial score (nSPS) is 14.2. The van der Waals surface area contributed by atoms with Crippen molar-refractivity contribution in [3.63, 3.8) is 0 Å². The van der Waals surface area contributed by atoms with Crippen LogP contribution in [0.25, 0.3) is 0 Å². The number of hydrogen-bond acceptors (Lipinski definition) is 3. The highest BCUT2D eigenvalue weighted by atomic mass is 35.5. The molecular formula is C14H21ClN2O2. The molecule has 1 aromatic rings. The van der Waals surface area contributed by atoms with Crippen LogP contribution in [0.5, 0.6) is 5.75 Å². The van der Waals surface area contributed by atoms with E-state index in [0.29, 0.717) is 12.3 Å². The van der Waals surface area contributed by atoms with Crippen LogP contribution in [0.4, 0.5) is 0 Å². The zero-order chi connectivity index (χ0) is 12.8. The Labute approximate surface area is 120 Å². The number of para-hydroxylation sites is 1. The Balaban J connectivity index is 0.00000180. The molecule has 1 aliphatic rings. The van der Waals surface area contributed by atoms with Gasteiger partial charge in [0, 0.05) is 32.0 Å². The Hall–Kier alpha value is -1.26. The largest absolute Gasteiger partial charge is 0.496 e. The highest BCUT2D eigenvalue weighted by Crippen LogP contribution is 2.18. The predicted molar refractivity (Wildman–Crippen MR) is 77.9 cm³/mol. The highest BCUT2D eigenvalue weighted by molar-refractivity contribution is 5.85. The van der Waals surface area contributed by atoms with Crippen LogP contribution in [0, 0.1) is 5.92 Å². The lowest BCUT2D eigenvalue weighted by atomic mass is 10.0. The van der Waals surface area contributed by atoms with E-state index < -0.39 is 0 Å². The minimum Gasteiger partial charge on any atom is -0.496 e. The maximum Gasteiger partial charge on any atom is 0.220 e. The molecule has 19 heavy (non-hydrogen) atoms. The quantitative estimate of drug-likeness (QED) is 0.830. The number of nitrogens with one attached hydrogen (secondary N) is 2. The second-order valence-corrected chi connectivity index (χ2v) is 4.64. The fourth-order valence-corrected chi connectivity index (χ4v) is 2.00. The van der Waals surface area contributed by atoms with E-state index in [1.54, 1.807) is 7.11 Å². The van der Waals surface area contributed by atoms with Gasteiger partial charge in [-0.2, -0.15) is 0 Å². The summed E-state index contributed by atoms with van der Waals surface area (Å²) in [6, 6.07) is 7.83. The number of carbonyl (C=O) groups excluding carboxylic acids is 1. The number of hydrogen-bond donors (Lipinski definition) is 2. The zero-order valence-corrected chi connectivity index (χ0v) is 12.0. The number of amides is 1. The third-order valence-electron chi connectivity index (χ3n) is 3.27. The van der Waals surface area contributed by atoms with Crippen LogP contribution < -0.4 is 15.4 Å². The minimum atomic E-state index is 0. The van der Waals surface area contributed by atoms with Gasteiger partial charge in [0.25, 0.3) is 0 Å². The highest BCUT2D eigenvalue weighted by Gasteiger charge is 2.17. The van der Waals surface area contributed by atoms with Gasteiger partial charge in [-0.1, -0.05) is 18.2 Å². The van der Waals surface area contributed by atoms with E-state index in [0.717, 1.165) is 37.4 Å². The molecule has 0 bridgehead atoms. The van der Waals surface area contributed by atoms with Gasteiger partial charge in [-0.25, -0.2) is 0 Å². The van der Waals surface area contributed by atoms with Crippen LogP contribution in [-0.4, -0.2) is 32.7 Å². The van der Waals surface area contributed by atoms with Crippen molar-refractivity contribution >= 4 is 18.3 Å². The van der Waals surface area contributed by atoms with Crippen LogP contribution in [0.1, 0.15) is 12.0 Å². The lowest BCUT2D eigenvalue weighted by Crippen LogP contribution is -2.48. The van der Waals surface area contributed by atoms with E-state index in [-0.39, 0.29) is 18.3 Å². The van der Waals surface area contributed by atoms with Gasteiger partial charge in [0.2, 0.25) is 5.91 Å². The molecule has 2 N–H and O–H groups in total. The third kappa shape index (κ3) is 4.73. The number of carbonyl (C=O) groups is 1. The van der Waals surface area contributed by atoms with E-state index in [1.165, 1.54) is 0 Å². The fraction of sp³-hybridized carbons (Fsp3) is 0.500. The van der Waals surface area contributed by atoms with Gasteiger partial charge in [0.05, 0.1) is 7.11 Å². The standard InChI is InChI=1S/C14H20N2O2.ClH/c1-18-13-5-3-2-4-12(13)6-7-14(17)16-10-11-8-15-9-11;/h2-5,11,15H,6-10H2,1H3,(H,16,17);1H. The van der Waals surface area contributed by atoms with Gasteiger partial charge in [0.15, 0.2) is 0 Å². The molecule has 0 spiro atoms. The summed E-state index contributed by atoms with van der Waals surface area (Å²) in [5.74, 6) is 1.58. The van der Waals surface area contributed by atoms with Gasteiger partial charge >= 0.3 is 0 Å². The first-order valence-corrected chi connectivity index (χ1v) is 6.39. The maximum atomic E-state index is 11.7. The van der Waals surface area contributed by atoms with Crippen LogP contribution >= 0.6 is 12.4 Å². The van der Waals surface area contributed by atoms with E-state index in [4.69, 9.17) is 4.74 Å². The molecule has 1 saturated heterocycles. The number of benzene rings is 1. The molecule has 1 fully saturated rings. The summed E-state index contributed by atoms with van der Waals surface area (Å²) < 4.78 is 5.26. The summed E-state index contributed by atoms with van der Waals surface area (Å²) in [6.07, 6.45) is 1.24. The average Bonchev–Trinajstić information content (AvgIpc) is 2.35. The summed E-state index contributed by atoms with van der Waals surface area (Å²) in [5, 5.41) is 6.16. The van der Waals surface area contributed by atoms with Gasteiger partial charge in [-0.3, -0.25) is 4.79 Å². The second-order valence-electron chi connectivity index (χ2n) is 4.64. The van der Waals surface area contributed by atoms with Crippen LogP contribution in [0.15, 0.2) is 24.3 Å². The smallest absolute Gasteiger partial charge is 0.220 e. The number of aryl methyl sites for hydroxylation is 1. The number of halogens is 1. The Morgan fingerprint density at radius 3 is 2.79 bits per heavy atom. The lowest BCUT2D eigenvalue weighted by Gasteiger charge is -2.27. The molecule has 1 aliphatic heterocycles. The fourth-order valence-electron chi connectivity index (χ4n) is 2.00. The average molecular weight is 285 g/mol. The van der Waals surface area contributed by atoms with Crippen molar-refractivity contribution in [2.24, 2.45) is 5.92 Å². The van der Waals surface area contributed by atoms with E-state index >= 15 is 0 Å². The Kier molecular flexibility index (Phi) is 6.67. The van der Waals surface area contributed by atoms with Crippen LogP contribution in [-0.2, 0) is 11.2 Å². The van der Waals surface area contributed by atoms with Crippen LogP contribution in [0.2, 0.25) is 0 Å². The number of ether oxygens (including phenoxy) is 1. The number of rotatable bonds is 6. The topological polar surface area (TPSA) is 50.4 Å². The van der Waals surface area contributed by atoms with Crippen LogP contribution in [0.3, 0.4) is 0 Å². The summed E-state index contributed by atoms with van der Waals surface area (Å²) in [5.41, 5.74) is 1.08. The van der Waals surface area contributed by atoms with E-state index in [9.17, 15) is 4.79 Å². The molecule has 1 heterocycles. The van der Waals surface area contributed by atoms with Gasteiger partial charge in [-0.15, -0.1) is 12.4 Å². The summed E-state index contributed by atoms with van der Waals surface area (Å²) in [7, 11) is 1.66. The first-order valence-electron chi connectivity index (χ1n) is 6.39. The molecule has 106 valence electrons. The minimum absolute atomic E-state index is 0. The van der Waals surface area contributed by atoms with Crippen molar-refractivity contribution in [2.45, 2.75) is 12.8 Å². The van der Waals surface area contributed by atoms with Gasteiger partial charge in [0.1, 0.15) is 5.75 Å². The van der Waals surface area contributed by atoms with Crippen molar-refractivity contribution in [3.05, 3.63) is 29.8 Å². The molecule has 1 aromatic carbocycles. The van der Waals surface area contributed by atoms with Crippen molar-refractivity contribution < 1.29 is 9.53 Å². The SMILES string of the molecule is COc1ccccc1CCC(=O)NCC1CNC1.Cl. The molecule has 5 heteroatoms. The van der Waals surface area contributed by atoms with Crippen molar-refractivity contribution in [2.75, 3.05) is 26.7 Å². The third-order valence-corrected chi connectivity index (χ3v) is 3.27. The Bertz CT molecular complexity index is 408. The first kappa shape index (κ1) is 15.8. The van der Waals surface area contributed by atoms with Gasteiger partial charge in [-0.05, 0) is 18.1 Å². The molecule has 1 amide bonds. The maximum absolute atomic E-state index is 11.7. The van der Waals surface area contributed by atoms with Crippen molar-refractivity contribution in [3.8, 4) is 5.75 Å². The Morgan fingerprint density at radius 1 is 1.42 bits per heavy atom. The first-order chi connectivity index (χ1) is 8.79. The second kappa shape index (κ2) is 8.02. The molecule has 0 aliphatic carbocycles. The van der Waals surface area contributed by atoms with Gasteiger partial charge < -0.3 is 15.4 Å².